The number of aromatic nitrogens is 4. The molecule has 0 aliphatic rings. The molecule has 6 heteroatoms. The minimum atomic E-state index is -0.155. The summed E-state index contributed by atoms with van der Waals surface area (Å²) in [5.41, 5.74) is 0. The smallest absolute Gasteiger partial charge is 0.168 e. The van der Waals surface area contributed by atoms with Gasteiger partial charge in [0, 0.05) is 20.3 Å². The number of rotatable bonds is 5. The van der Waals surface area contributed by atoms with Gasteiger partial charge in [-0.25, -0.2) is 4.68 Å². The van der Waals surface area contributed by atoms with E-state index in [1.807, 2.05) is 6.92 Å². The van der Waals surface area contributed by atoms with Crippen LogP contribution in [0, 0.1) is 0 Å². The van der Waals surface area contributed by atoms with Crippen molar-refractivity contribution in [3.05, 3.63) is 5.82 Å². The topological polar surface area (TPSA) is 52.8 Å². The first kappa shape index (κ1) is 10.4. The predicted octanol–water partition coefficient (Wildman–Crippen LogP) is 1.01. The van der Waals surface area contributed by atoms with E-state index in [1.54, 1.807) is 11.8 Å². The van der Waals surface area contributed by atoms with E-state index in [0.29, 0.717) is 12.4 Å². The first-order valence-corrected chi connectivity index (χ1v) is 4.58. The quantitative estimate of drug-likeness (QED) is 0.531. The third-order valence-corrected chi connectivity index (χ3v) is 1.83. The van der Waals surface area contributed by atoms with Crippen LogP contribution in [0.5, 0.6) is 0 Å². The molecule has 0 fully saturated rings. The average Bonchev–Trinajstić information content (AvgIpc) is 2.53. The molecule has 0 aromatic carbocycles. The van der Waals surface area contributed by atoms with Gasteiger partial charge in [-0.05, 0) is 23.8 Å². The van der Waals surface area contributed by atoms with Gasteiger partial charge in [0.1, 0.15) is 0 Å². The molecule has 1 atom stereocenters. The Balaban J connectivity index is 2.50. The molecule has 0 amide bonds. The summed E-state index contributed by atoms with van der Waals surface area (Å²) >= 11 is 5.87. The van der Waals surface area contributed by atoms with E-state index in [9.17, 15) is 0 Å². The van der Waals surface area contributed by atoms with Crippen LogP contribution in [-0.2, 0) is 11.3 Å². The number of nitrogens with zero attached hydrogens (tertiary/aromatic N) is 4. The largest absolute Gasteiger partial charge is 0.385 e. The first-order chi connectivity index (χ1) is 6.25. The van der Waals surface area contributed by atoms with E-state index >= 15 is 0 Å². The molecule has 5 nitrogen and oxygen atoms in total. The van der Waals surface area contributed by atoms with Gasteiger partial charge in [-0.2, -0.15) is 0 Å². The van der Waals surface area contributed by atoms with Crippen LogP contribution in [0.15, 0.2) is 0 Å². The summed E-state index contributed by atoms with van der Waals surface area (Å²) in [5.74, 6) is 0.706. The fourth-order valence-electron chi connectivity index (χ4n) is 1.01. The second-order valence-electron chi connectivity index (χ2n) is 2.72. The highest BCUT2D eigenvalue weighted by molar-refractivity contribution is 6.20. The predicted molar refractivity (Wildman–Crippen MR) is 48.6 cm³/mol. The Morgan fingerprint density at radius 1 is 1.62 bits per heavy atom. The second kappa shape index (κ2) is 5.14. The van der Waals surface area contributed by atoms with E-state index in [-0.39, 0.29) is 5.38 Å². The van der Waals surface area contributed by atoms with Crippen molar-refractivity contribution in [2.75, 3.05) is 13.7 Å². The lowest BCUT2D eigenvalue weighted by atomic mass is 10.4. The average molecular weight is 205 g/mol. The fraction of sp³-hybridized carbons (Fsp3) is 0.857. The Morgan fingerprint density at radius 3 is 3.00 bits per heavy atom. The van der Waals surface area contributed by atoms with E-state index in [1.165, 1.54) is 0 Å². The summed E-state index contributed by atoms with van der Waals surface area (Å²) in [4.78, 5) is 0. The molecule has 0 saturated carbocycles. The van der Waals surface area contributed by atoms with Gasteiger partial charge in [0.25, 0.3) is 0 Å². The van der Waals surface area contributed by atoms with Gasteiger partial charge in [0.05, 0.1) is 5.38 Å². The highest BCUT2D eigenvalue weighted by atomic mass is 35.5. The Morgan fingerprint density at radius 2 is 2.38 bits per heavy atom. The van der Waals surface area contributed by atoms with Crippen LogP contribution in [-0.4, -0.2) is 33.9 Å². The molecule has 0 aliphatic carbocycles. The molecule has 0 bridgehead atoms. The molecule has 13 heavy (non-hydrogen) atoms. The summed E-state index contributed by atoms with van der Waals surface area (Å²) in [6.07, 6.45) is 0.887. The van der Waals surface area contributed by atoms with Crippen LogP contribution in [0.3, 0.4) is 0 Å². The Labute approximate surface area is 82.0 Å². The molecule has 1 heterocycles. The van der Waals surface area contributed by atoms with Crippen LogP contribution >= 0.6 is 11.6 Å². The zero-order valence-corrected chi connectivity index (χ0v) is 8.53. The lowest BCUT2D eigenvalue weighted by Crippen LogP contribution is -2.08. The number of alkyl halides is 1. The van der Waals surface area contributed by atoms with Crippen LogP contribution in [0.4, 0.5) is 0 Å². The number of halogens is 1. The van der Waals surface area contributed by atoms with Crippen molar-refractivity contribution in [2.45, 2.75) is 25.3 Å². The van der Waals surface area contributed by atoms with E-state index in [0.717, 1.165) is 13.0 Å². The molecule has 0 radical (unpaired) electrons. The zero-order chi connectivity index (χ0) is 9.68. The molecular formula is C7H13ClN4O. The number of aryl methyl sites for hydroxylation is 1. The third kappa shape index (κ3) is 2.93. The van der Waals surface area contributed by atoms with Crippen molar-refractivity contribution in [1.82, 2.24) is 20.2 Å². The SMILES string of the molecule is COCCCn1nnnc1C(C)Cl. The van der Waals surface area contributed by atoms with Crippen LogP contribution in [0.1, 0.15) is 24.5 Å². The number of hydrogen-bond donors (Lipinski definition) is 0. The van der Waals surface area contributed by atoms with Crippen molar-refractivity contribution < 1.29 is 4.74 Å². The zero-order valence-electron chi connectivity index (χ0n) is 7.77. The normalized spacial score (nSPS) is 13.2. The molecule has 1 rings (SSSR count). The fourth-order valence-corrected chi connectivity index (χ4v) is 1.17. The summed E-state index contributed by atoms with van der Waals surface area (Å²) < 4.78 is 6.63. The summed E-state index contributed by atoms with van der Waals surface area (Å²) in [7, 11) is 1.67. The van der Waals surface area contributed by atoms with Gasteiger partial charge in [0.2, 0.25) is 0 Å². The lowest BCUT2D eigenvalue weighted by Gasteiger charge is -2.04. The van der Waals surface area contributed by atoms with Gasteiger partial charge in [-0.15, -0.1) is 16.7 Å². The minimum Gasteiger partial charge on any atom is -0.385 e. The molecule has 0 spiro atoms. The molecule has 1 aromatic heterocycles. The number of tetrazole rings is 1. The minimum absolute atomic E-state index is 0.155. The van der Waals surface area contributed by atoms with E-state index < -0.39 is 0 Å². The number of ether oxygens (including phenoxy) is 1. The maximum Gasteiger partial charge on any atom is 0.168 e. The molecule has 1 unspecified atom stereocenters. The van der Waals surface area contributed by atoms with Gasteiger partial charge in [0.15, 0.2) is 5.82 Å². The van der Waals surface area contributed by atoms with Crippen molar-refractivity contribution in [2.24, 2.45) is 0 Å². The summed E-state index contributed by atoms with van der Waals surface area (Å²) in [6, 6.07) is 0. The van der Waals surface area contributed by atoms with Gasteiger partial charge in [-0.3, -0.25) is 0 Å². The van der Waals surface area contributed by atoms with Crippen molar-refractivity contribution >= 4 is 11.6 Å². The Kier molecular flexibility index (Phi) is 4.11. The highest BCUT2D eigenvalue weighted by Crippen LogP contribution is 2.15. The highest BCUT2D eigenvalue weighted by Gasteiger charge is 2.10. The van der Waals surface area contributed by atoms with Crippen LogP contribution in [0.25, 0.3) is 0 Å². The molecular weight excluding hydrogens is 192 g/mol. The van der Waals surface area contributed by atoms with Crippen molar-refractivity contribution in [3.63, 3.8) is 0 Å². The first-order valence-electron chi connectivity index (χ1n) is 4.14. The van der Waals surface area contributed by atoms with Crippen molar-refractivity contribution in [3.8, 4) is 0 Å². The molecule has 0 N–H and O–H groups in total. The standard InChI is InChI=1S/C7H13ClN4O/c1-6(8)7-9-10-11-12(7)4-3-5-13-2/h6H,3-5H2,1-2H3. The number of hydrogen-bond acceptors (Lipinski definition) is 4. The third-order valence-electron chi connectivity index (χ3n) is 1.63. The maximum atomic E-state index is 5.87. The monoisotopic (exact) mass is 204 g/mol. The molecule has 0 aliphatic heterocycles. The second-order valence-corrected chi connectivity index (χ2v) is 3.38. The number of methoxy groups -OCH3 is 1. The summed E-state index contributed by atoms with van der Waals surface area (Å²) in [5, 5.41) is 11.1. The Bertz CT molecular complexity index is 250. The summed E-state index contributed by atoms with van der Waals surface area (Å²) in [6.45, 7) is 3.29. The lowest BCUT2D eigenvalue weighted by molar-refractivity contribution is 0.188. The van der Waals surface area contributed by atoms with E-state index in [4.69, 9.17) is 16.3 Å². The van der Waals surface area contributed by atoms with Crippen LogP contribution in [0.2, 0.25) is 0 Å². The van der Waals surface area contributed by atoms with Gasteiger partial charge in [-0.1, -0.05) is 0 Å². The van der Waals surface area contributed by atoms with Gasteiger partial charge < -0.3 is 4.74 Å². The Hall–Kier alpha value is -0.680. The van der Waals surface area contributed by atoms with E-state index in [2.05, 4.69) is 15.5 Å². The molecule has 74 valence electrons. The molecule has 0 saturated heterocycles. The van der Waals surface area contributed by atoms with Gasteiger partial charge >= 0.3 is 0 Å². The van der Waals surface area contributed by atoms with Crippen LogP contribution < -0.4 is 0 Å². The molecule has 1 aromatic rings. The maximum absolute atomic E-state index is 5.87. The van der Waals surface area contributed by atoms with Crippen molar-refractivity contribution in [1.29, 1.82) is 0 Å².